The molecule has 0 fully saturated rings. The van der Waals surface area contributed by atoms with E-state index in [1.807, 2.05) is 36.4 Å². The number of carboxylic acids is 1. The number of aryl methyl sites for hydroxylation is 1. The van der Waals surface area contributed by atoms with Crippen LogP contribution in [0.4, 0.5) is 0 Å². The van der Waals surface area contributed by atoms with Gasteiger partial charge in [-0.2, -0.15) is 0 Å². The number of carbonyl (C=O) groups is 1. The van der Waals surface area contributed by atoms with E-state index in [-0.39, 0.29) is 6.42 Å². The Labute approximate surface area is 150 Å². The number of rotatable bonds is 7. The molecule has 25 heavy (non-hydrogen) atoms. The highest BCUT2D eigenvalue weighted by atomic mass is 32.1. The smallest absolute Gasteiger partial charge is 0.309 e. The zero-order valence-corrected chi connectivity index (χ0v) is 14.8. The molecule has 4 nitrogen and oxygen atoms in total. The number of hydrogen-bond acceptors (Lipinski definition) is 4. The van der Waals surface area contributed by atoms with Crippen LogP contribution in [0.5, 0.6) is 5.75 Å². The molecule has 0 saturated carbocycles. The highest BCUT2D eigenvalue weighted by molar-refractivity contribution is 7.13. The number of thiazole rings is 1. The molecular formula is C20H19NO3S. The highest BCUT2D eigenvalue weighted by Gasteiger charge is 2.08. The van der Waals surface area contributed by atoms with Gasteiger partial charge in [0.05, 0.1) is 12.1 Å². The Bertz CT molecular complexity index is 838. The lowest BCUT2D eigenvalue weighted by Crippen LogP contribution is -1.99. The van der Waals surface area contributed by atoms with Crippen LogP contribution >= 0.6 is 11.3 Å². The molecule has 0 aliphatic heterocycles. The van der Waals surface area contributed by atoms with E-state index >= 15 is 0 Å². The summed E-state index contributed by atoms with van der Waals surface area (Å²) in [4.78, 5) is 15.1. The van der Waals surface area contributed by atoms with Crippen LogP contribution in [0.1, 0.15) is 23.7 Å². The Morgan fingerprint density at radius 2 is 1.76 bits per heavy atom. The maximum atomic E-state index is 10.7. The maximum absolute atomic E-state index is 10.7. The predicted molar refractivity (Wildman–Crippen MR) is 99.0 cm³/mol. The first-order valence-corrected chi connectivity index (χ1v) is 8.99. The summed E-state index contributed by atoms with van der Waals surface area (Å²) in [6.45, 7) is 2.64. The van der Waals surface area contributed by atoms with Crippen molar-refractivity contribution < 1.29 is 14.6 Å². The molecule has 1 heterocycles. The fourth-order valence-corrected chi connectivity index (χ4v) is 3.23. The number of carboxylic acid groups (broad SMARTS) is 1. The monoisotopic (exact) mass is 353 g/mol. The van der Waals surface area contributed by atoms with Gasteiger partial charge in [-0.15, -0.1) is 11.3 Å². The molecule has 5 heteroatoms. The lowest BCUT2D eigenvalue weighted by Gasteiger charge is -2.07. The van der Waals surface area contributed by atoms with Crippen LogP contribution in [0.15, 0.2) is 53.9 Å². The van der Waals surface area contributed by atoms with Gasteiger partial charge in [-0.05, 0) is 29.7 Å². The van der Waals surface area contributed by atoms with Gasteiger partial charge in [0.25, 0.3) is 0 Å². The summed E-state index contributed by atoms with van der Waals surface area (Å²) < 4.78 is 5.81. The zero-order chi connectivity index (χ0) is 17.6. The van der Waals surface area contributed by atoms with Crippen LogP contribution in [0, 0.1) is 0 Å². The van der Waals surface area contributed by atoms with Crippen molar-refractivity contribution in [2.75, 3.05) is 0 Å². The molecule has 1 N–H and O–H groups in total. The topological polar surface area (TPSA) is 59.4 Å². The first-order valence-electron chi connectivity index (χ1n) is 8.11. The van der Waals surface area contributed by atoms with E-state index in [9.17, 15) is 4.79 Å². The molecule has 0 unspecified atom stereocenters. The van der Waals surface area contributed by atoms with Gasteiger partial charge >= 0.3 is 5.97 Å². The summed E-state index contributed by atoms with van der Waals surface area (Å²) in [5.74, 6) is -0.00386. The molecule has 0 aliphatic carbocycles. The Kier molecular flexibility index (Phi) is 5.46. The van der Waals surface area contributed by atoms with Gasteiger partial charge in [0.2, 0.25) is 0 Å². The van der Waals surface area contributed by atoms with Crippen LogP contribution in [0.2, 0.25) is 0 Å². The third-order valence-corrected chi connectivity index (χ3v) is 4.76. The highest BCUT2D eigenvalue weighted by Crippen LogP contribution is 2.24. The molecule has 128 valence electrons. The van der Waals surface area contributed by atoms with Crippen molar-refractivity contribution in [2.45, 2.75) is 26.4 Å². The molecule has 1 aromatic heterocycles. The fourth-order valence-electron chi connectivity index (χ4n) is 2.41. The molecule has 0 radical (unpaired) electrons. The molecule has 2 aromatic carbocycles. The zero-order valence-electron chi connectivity index (χ0n) is 13.9. The van der Waals surface area contributed by atoms with Gasteiger partial charge in [-0.1, -0.05) is 43.3 Å². The van der Waals surface area contributed by atoms with Crippen LogP contribution < -0.4 is 4.74 Å². The van der Waals surface area contributed by atoms with E-state index in [4.69, 9.17) is 9.84 Å². The molecule has 0 spiro atoms. The van der Waals surface area contributed by atoms with E-state index in [1.54, 1.807) is 5.38 Å². The van der Waals surface area contributed by atoms with Crippen molar-refractivity contribution in [3.8, 4) is 16.3 Å². The lowest BCUT2D eigenvalue weighted by molar-refractivity contribution is -0.136. The van der Waals surface area contributed by atoms with Gasteiger partial charge < -0.3 is 9.84 Å². The second kappa shape index (κ2) is 7.94. The second-order valence-corrected chi connectivity index (χ2v) is 6.56. The van der Waals surface area contributed by atoms with Crippen LogP contribution in [0.25, 0.3) is 10.6 Å². The van der Waals surface area contributed by atoms with Crippen molar-refractivity contribution in [1.29, 1.82) is 0 Å². The summed E-state index contributed by atoms with van der Waals surface area (Å²) in [6, 6.07) is 16.1. The number of benzene rings is 2. The van der Waals surface area contributed by atoms with Gasteiger partial charge in [0, 0.05) is 10.9 Å². The Morgan fingerprint density at radius 1 is 1.08 bits per heavy atom. The van der Waals surface area contributed by atoms with Gasteiger partial charge in [-0.3, -0.25) is 4.79 Å². The molecule has 0 saturated heterocycles. The Hall–Kier alpha value is -2.66. The molecule has 0 amide bonds. The number of nitrogens with zero attached hydrogens (tertiary/aromatic N) is 1. The first kappa shape index (κ1) is 17.2. The normalized spacial score (nSPS) is 10.6. The molecule has 3 rings (SSSR count). The summed E-state index contributed by atoms with van der Waals surface area (Å²) >= 11 is 1.46. The van der Waals surface area contributed by atoms with E-state index < -0.39 is 5.97 Å². The van der Waals surface area contributed by atoms with Crippen molar-refractivity contribution >= 4 is 17.3 Å². The maximum Gasteiger partial charge on any atom is 0.309 e. The quantitative estimate of drug-likeness (QED) is 0.675. The average Bonchev–Trinajstić information content (AvgIpc) is 3.08. The first-order chi connectivity index (χ1) is 12.1. The van der Waals surface area contributed by atoms with Crippen molar-refractivity contribution in [3.05, 3.63) is 70.7 Å². The molecule has 0 bridgehead atoms. The second-order valence-electron chi connectivity index (χ2n) is 5.70. The van der Waals surface area contributed by atoms with Crippen LogP contribution in [0.3, 0.4) is 0 Å². The number of aromatic nitrogens is 1. The molecule has 0 aliphatic rings. The average molecular weight is 353 g/mol. The standard InChI is InChI=1S/C20H19NO3S/c1-2-14-5-9-18(10-6-14)24-12-15-3-7-16(8-4-15)20-21-17(13-25-20)11-19(22)23/h3-10,13H,2,11-12H2,1H3,(H,22,23). The van der Waals surface area contributed by atoms with E-state index in [2.05, 4.69) is 24.0 Å². The van der Waals surface area contributed by atoms with E-state index in [0.29, 0.717) is 12.3 Å². The summed E-state index contributed by atoms with van der Waals surface area (Å²) in [7, 11) is 0. The summed E-state index contributed by atoms with van der Waals surface area (Å²) in [5, 5.41) is 11.4. The summed E-state index contributed by atoms with van der Waals surface area (Å²) in [5.41, 5.74) is 3.95. The van der Waals surface area contributed by atoms with Crippen molar-refractivity contribution in [1.82, 2.24) is 4.98 Å². The number of ether oxygens (including phenoxy) is 1. The van der Waals surface area contributed by atoms with Gasteiger partial charge in [0.1, 0.15) is 17.4 Å². The summed E-state index contributed by atoms with van der Waals surface area (Å²) in [6.07, 6.45) is 0.978. The molecule has 3 aromatic rings. The molecular weight excluding hydrogens is 334 g/mol. The Morgan fingerprint density at radius 3 is 2.40 bits per heavy atom. The Balaban J connectivity index is 1.61. The van der Waals surface area contributed by atoms with E-state index in [1.165, 1.54) is 16.9 Å². The SMILES string of the molecule is CCc1ccc(OCc2ccc(-c3nc(CC(=O)O)cs3)cc2)cc1. The van der Waals surface area contributed by atoms with Gasteiger partial charge in [0.15, 0.2) is 0 Å². The lowest BCUT2D eigenvalue weighted by atomic mass is 10.1. The largest absolute Gasteiger partial charge is 0.489 e. The third kappa shape index (κ3) is 4.67. The minimum absolute atomic E-state index is 0.0424. The number of aliphatic carboxylic acids is 1. The molecule has 0 atom stereocenters. The van der Waals surface area contributed by atoms with Crippen molar-refractivity contribution in [3.63, 3.8) is 0 Å². The van der Waals surface area contributed by atoms with E-state index in [0.717, 1.165) is 28.3 Å². The van der Waals surface area contributed by atoms with Crippen molar-refractivity contribution in [2.24, 2.45) is 0 Å². The predicted octanol–water partition coefficient (Wildman–Crippen LogP) is 4.58. The van der Waals surface area contributed by atoms with Crippen LogP contribution in [-0.2, 0) is 24.2 Å². The fraction of sp³-hybridized carbons (Fsp3) is 0.200. The van der Waals surface area contributed by atoms with Crippen LogP contribution in [-0.4, -0.2) is 16.1 Å². The van der Waals surface area contributed by atoms with Gasteiger partial charge in [-0.25, -0.2) is 4.98 Å². The minimum Gasteiger partial charge on any atom is -0.489 e. The third-order valence-electron chi connectivity index (χ3n) is 3.82. The number of hydrogen-bond donors (Lipinski definition) is 1. The minimum atomic E-state index is -0.865.